The van der Waals surface area contributed by atoms with Gasteiger partial charge in [-0.05, 0) is 47.0 Å². The van der Waals surface area contributed by atoms with Crippen LogP contribution in [0.25, 0.3) is 0 Å². The summed E-state index contributed by atoms with van der Waals surface area (Å²) in [6, 6.07) is 0. The third-order valence-electron chi connectivity index (χ3n) is 4.24. The largest absolute Gasteiger partial charge is 0.236 e. The highest BCUT2D eigenvalue weighted by atomic mass is 79.9. The van der Waals surface area contributed by atoms with Crippen molar-refractivity contribution in [2.45, 2.75) is 71.6 Å². The molecule has 112 valence electrons. The number of rotatable bonds is 1. The molecule has 1 heterocycles. The van der Waals surface area contributed by atoms with Crippen LogP contribution >= 0.6 is 27.5 Å². The van der Waals surface area contributed by atoms with Crippen LogP contribution in [-0.2, 0) is 5.41 Å². The summed E-state index contributed by atoms with van der Waals surface area (Å²) in [4.78, 5) is 9.36. The number of hydrogen-bond donors (Lipinski definition) is 0. The average Bonchev–Trinajstić information content (AvgIpc) is 2.31. The van der Waals surface area contributed by atoms with Crippen LogP contribution < -0.4 is 0 Å². The molecule has 20 heavy (non-hydrogen) atoms. The van der Waals surface area contributed by atoms with Crippen molar-refractivity contribution < 1.29 is 0 Å². The van der Waals surface area contributed by atoms with Crippen LogP contribution in [0.2, 0.25) is 5.15 Å². The van der Waals surface area contributed by atoms with Crippen molar-refractivity contribution in [3.8, 4) is 0 Å². The van der Waals surface area contributed by atoms with Crippen LogP contribution in [0.1, 0.15) is 77.7 Å². The first kappa shape index (κ1) is 16.2. The Balaban J connectivity index is 2.32. The molecule has 0 N–H and O–H groups in total. The fraction of sp³-hybridized carbons (Fsp3) is 0.750. The summed E-state index contributed by atoms with van der Waals surface area (Å²) in [7, 11) is 0. The second kappa shape index (κ2) is 5.57. The van der Waals surface area contributed by atoms with Gasteiger partial charge in [0.05, 0.1) is 10.2 Å². The molecule has 0 amide bonds. The van der Waals surface area contributed by atoms with E-state index in [0.29, 0.717) is 16.5 Å². The molecule has 0 spiro atoms. The maximum atomic E-state index is 6.30. The predicted molar refractivity (Wildman–Crippen MR) is 88.4 cm³/mol. The van der Waals surface area contributed by atoms with Crippen molar-refractivity contribution >= 4 is 27.5 Å². The van der Waals surface area contributed by atoms with E-state index in [1.165, 1.54) is 12.8 Å². The van der Waals surface area contributed by atoms with E-state index in [2.05, 4.69) is 55.5 Å². The van der Waals surface area contributed by atoms with E-state index in [1.807, 2.05) is 0 Å². The zero-order valence-corrected chi connectivity index (χ0v) is 15.4. The lowest BCUT2D eigenvalue weighted by atomic mass is 9.73. The van der Waals surface area contributed by atoms with Gasteiger partial charge < -0.3 is 0 Å². The first-order valence-corrected chi connectivity index (χ1v) is 8.51. The number of halogens is 2. The van der Waals surface area contributed by atoms with E-state index in [-0.39, 0.29) is 5.41 Å². The maximum Gasteiger partial charge on any atom is 0.147 e. The van der Waals surface area contributed by atoms with Crippen LogP contribution in [-0.4, -0.2) is 9.97 Å². The molecule has 4 heteroatoms. The third kappa shape index (κ3) is 3.54. The van der Waals surface area contributed by atoms with Crippen molar-refractivity contribution in [1.82, 2.24) is 9.97 Å². The Bertz CT molecular complexity index is 496. The standard InChI is InChI=1S/C16H24BrClN2/c1-15(2,3)12-11(17)13(18)20-14(19-12)10-6-8-16(4,5)9-7-10/h10H,6-9H2,1-5H3. The van der Waals surface area contributed by atoms with Gasteiger partial charge in [-0.25, -0.2) is 9.97 Å². The Morgan fingerprint density at radius 2 is 1.70 bits per heavy atom. The topological polar surface area (TPSA) is 25.8 Å². The number of aromatic nitrogens is 2. The van der Waals surface area contributed by atoms with Gasteiger partial charge in [0.25, 0.3) is 0 Å². The predicted octanol–water partition coefficient (Wildman–Crippen LogP) is 5.87. The molecule has 1 aliphatic rings. The van der Waals surface area contributed by atoms with E-state index in [0.717, 1.165) is 28.8 Å². The smallest absolute Gasteiger partial charge is 0.147 e. The van der Waals surface area contributed by atoms with Crippen molar-refractivity contribution in [2.24, 2.45) is 5.41 Å². The molecule has 0 saturated heterocycles. The van der Waals surface area contributed by atoms with Gasteiger partial charge in [-0.1, -0.05) is 46.2 Å². The van der Waals surface area contributed by atoms with Gasteiger partial charge in [0, 0.05) is 11.3 Å². The van der Waals surface area contributed by atoms with Crippen LogP contribution in [0.15, 0.2) is 4.47 Å². The minimum absolute atomic E-state index is 0.0336. The minimum atomic E-state index is -0.0336. The highest BCUT2D eigenvalue weighted by molar-refractivity contribution is 9.10. The molecule has 0 aromatic carbocycles. The molecule has 0 unspecified atom stereocenters. The monoisotopic (exact) mass is 358 g/mol. The molecular weight excluding hydrogens is 336 g/mol. The molecule has 1 saturated carbocycles. The fourth-order valence-electron chi connectivity index (χ4n) is 2.77. The SMILES string of the molecule is CC1(C)CCC(c2nc(Cl)c(Br)c(C(C)(C)C)n2)CC1. The summed E-state index contributed by atoms with van der Waals surface area (Å²) in [6.45, 7) is 11.2. The summed E-state index contributed by atoms with van der Waals surface area (Å²) in [5.74, 6) is 1.38. The molecule has 1 aliphatic carbocycles. The summed E-state index contributed by atoms with van der Waals surface area (Å²) in [6.07, 6.45) is 4.79. The summed E-state index contributed by atoms with van der Waals surface area (Å²) < 4.78 is 0.839. The quantitative estimate of drug-likeness (QED) is 0.586. The van der Waals surface area contributed by atoms with E-state index in [9.17, 15) is 0 Å². The lowest BCUT2D eigenvalue weighted by molar-refractivity contribution is 0.220. The molecule has 2 nitrogen and oxygen atoms in total. The van der Waals surface area contributed by atoms with Gasteiger partial charge in [-0.3, -0.25) is 0 Å². The molecular formula is C16H24BrClN2. The summed E-state index contributed by atoms with van der Waals surface area (Å²) >= 11 is 9.84. The Labute approximate surface area is 135 Å². The number of hydrogen-bond acceptors (Lipinski definition) is 2. The van der Waals surface area contributed by atoms with Crippen molar-refractivity contribution in [2.75, 3.05) is 0 Å². The van der Waals surface area contributed by atoms with E-state index in [4.69, 9.17) is 16.6 Å². The Hall–Kier alpha value is -0.150. The van der Waals surface area contributed by atoms with E-state index < -0.39 is 0 Å². The number of nitrogens with zero attached hydrogens (tertiary/aromatic N) is 2. The molecule has 1 aromatic rings. The zero-order chi connectivity index (χ0) is 15.1. The van der Waals surface area contributed by atoms with Gasteiger partial charge in [0.15, 0.2) is 0 Å². The second-order valence-electron chi connectivity index (χ2n) is 7.72. The van der Waals surface area contributed by atoms with Crippen LogP contribution in [0, 0.1) is 5.41 Å². The van der Waals surface area contributed by atoms with Crippen LogP contribution in [0.3, 0.4) is 0 Å². The molecule has 1 fully saturated rings. The van der Waals surface area contributed by atoms with Crippen molar-refractivity contribution in [3.63, 3.8) is 0 Å². The van der Waals surface area contributed by atoms with Gasteiger partial charge in [-0.15, -0.1) is 0 Å². The van der Waals surface area contributed by atoms with Crippen LogP contribution in [0.5, 0.6) is 0 Å². The fourth-order valence-corrected chi connectivity index (χ4v) is 3.72. The molecule has 0 atom stereocenters. The molecule has 0 radical (unpaired) electrons. The molecule has 2 rings (SSSR count). The van der Waals surface area contributed by atoms with E-state index >= 15 is 0 Å². The summed E-state index contributed by atoms with van der Waals surface area (Å²) in [5, 5.41) is 0.546. The molecule has 1 aromatic heterocycles. The minimum Gasteiger partial charge on any atom is -0.236 e. The second-order valence-corrected chi connectivity index (χ2v) is 8.87. The highest BCUT2D eigenvalue weighted by Gasteiger charge is 2.31. The van der Waals surface area contributed by atoms with Gasteiger partial charge >= 0.3 is 0 Å². The zero-order valence-electron chi connectivity index (χ0n) is 13.1. The molecule has 0 bridgehead atoms. The Morgan fingerprint density at radius 3 is 2.20 bits per heavy atom. The van der Waals surface area contributed by atoms with Gasteiger partial charge in [0.1, 0.15) is 11.0 Å². The third-order valence-corrected chi connectivity index (χ3v) is 5.50. The maximum absolute atomic E-state index is 6.30. The van der Waals surface area contributed by atoms with Gasteiger partial charge in [-0.2, -0.15) is 0 Å². The average molecular weight is 360 g/mol. The van der Waals surface area contributed by atoms with E-state index in [1.54, 1.807) is 0 Å². The Morgan fingerprint density at radius 1 is 1.15 bits per heavy atom. The first-order chi connectivity index (χ1) is 9.10. The highest BCUT2D eigenvalue weighted by Crippen LogP contribution is 2.42. The molecule has 0 aliphatic heterocycles. The normalized spacial score (nSPS) is 20.1. The lowest BCUT2D eigenvalue weighted by Gasteiger charge is -2.34. The Kier molecular flexibility index (Phi) is 4.52. The summed E-state index contributed by atoms with van der Waals surface area (Å²) in [5.41, 5.74) is 1.44. The van der Waals surface area contributed by atoms with Crippen molar-refractivity contribution in [3.05, 3.63) is 21.1 Å². The van der Waals surface area contributed by atoms with Crippen molar-refractivity contribution in [1.29, 1.82) is 0 Å². The lowest BCUT2D eigenvalue weighted by Crippen LogP contribution is -2.23. The first-order valence-electron chi connectivity index (χ1n) is 7.33. The van der Waals surface area contributed by atoms with Gasteiger partial charge in [0.2, 0.25) is 0 Å². The van der Waals surface area contributed by atoms with Crippen LogP contribution in [0.4, 0.5) is 0 Å².